The number of aromatic amines is 1. The average molecular weight is 337 g/mol. The van der Waals surface area contributed by atoms with Gasteiger partial charge in [-0.3, -0.25) is 4.79 Å². The van der Waals surface area contributed by atoms with E-state index >= 15 is 0 Å². The molecule has 1 aromatic heterocycles. The Bertz CT molecular complexity index is 856. The average Bonchev–Trinajstić information content (AvgIpc) is 3.02. The minimum absolute atomic E-state index is 0.139. The van der Waals surface area contributed by atoms with Crippen molar-refractivity contribution in [1.82, 2.24) is 9.97 Å². The number of benzene rings is 2. The lowest BCUT2D eigenvalue weighted by atomic mass is 9.97. The minimum atomic E-state index is 0.139. The molecule has 122 valence electrons. The number of anilines is 1. The summed E-state index contributed by atoms with van der Waals surface area (Å²) in [6.07, 6.45) is 2.05. The summed E-state index contributed by atoms with van der Waals surface area (Å²) >= 11 is 1.47. The zero-order chi connectivity index (χ0) is 16.5. The molecule has 0 unspecified atom stereocenters. The van der Waals surface area contributed by atoms with Gasteiger partial charge in [0.25, 0.3) is 0 Å². The van der Waals surface area contributed by atoms with Gasteiger partial charge in [-0.2, -0.15) is 0 Å². The molecule has 0 saturated heterocycles. The van der Waals surface area contributed by atoms with E-state index in [0.29, 0.717) is 5.75 Å². The van der Waals surface area contributed by atoms with Crippen LogP contribution in [0.2, 0.25) is 0 Å². The number of aryl methyl sites for hydroxylation is 1. The van der Waals surface area contributed by atoms with Gasteiger partial charge in [-0.05, 0) is 43.5 Å². The number of hydrogen-bond donors (Lipinski definition) is 1. The lowest BCUT2D eigenvalue weighted by Gasteiger charge is -2.35. The Balaban J connectivity index is 1.51. The second-order valence-corrected chi connectivity index (χ2v) is 7.09. The summed E-state index contributed by atoms with van der Waals surface area (Å²) in [5, 5.41) is 0.794. The van der Waals surface area contributed by atoms with Crippen molar-refractivity contribution in [2.75, 3.05) is 10.7 Å². The van der Waals surface area contributed by atoms with Crippen molar-refractivity contribution in [3.8, 4) is 0 Å². The maximum atomic E-state index is 12.8. The minimum Gasteiger partial charge on any atom is -0.333 e. The van der Waals surface area contributed by atoms with Gasteiger partial charge < -0.3 is 9.88 Å². The number of H-pyrrole nitrogens is 1. The predicted octanol–water partition coefficient (Wildman–Crippen LogP) is 4.02. The fraction of sp³-hybridized carbons (Fsp3) is 0.263. The molecule has 1 amide bonds. The van der Waals surface area contributed by atoms with Crippen molar-refractivity contribution >= 4 is 34.4 Å². The smallest absolute Gasteiger partial charge is 0.237 e. The standard InChI is InChI=1S/C19H19N3OS/c1-13-10-11-14-6-2-5-9-17(14)22(13)18(23)12-24-19-20-15-7-3-4-8-16(15)21-19/h2-9,13H,10-12H2,1H3,(H,20,21)/t13-/m1/s1. The molecular weight excluding hydrogens is 318 g/mol. The van der Waals surface area contributed by atoms with Gasteiger partial charge in [-0.1, -0.05) is 42.1 Å². The van der Waals surface area contributed by atoms with E-state index in [1.54, 1.807) is 0 Å². The van der Waals surface area contributed by atoms with E-state index in [0.717, 1.165) is 34.7 Å². The highest BCUT2D eigenvalue weighted by Gasteiger charge is 2.27. The number of aromatic nitrogens is 2. The second-order valence-electron chi connectivity index (χ2n) is 6.13. The van der Waals surface area contributed by atoms with Gasteiger partial charge in [0, 0.05) is 11.7 Å². The summed E-state index contributed by atoms with van der Waals surface area (Å²) in [5.41, 5.74) is 4.26. The monoisotopic (exact) mass is 337 g/mol. The number of nitrogens with zero attached hydrogens (tertiary/aromatic N) is 2. The van der Waals surface area contributed by atoms with Crippen LogP contribution in [0.4, 0.5) is 5.69 Å². The molecule has 24 heavy (non-hydrogen) atoms. The first-order valence-electron chi connectivity index (χ1n) is 8.20. The molecule has 0 aliphatic carbocycles. The lowest BCUT2D eigenvalue weighted by Crippen LogP contribution is -2.43. The zero-order valence-corrected chi connectivity index (χ0v) is 14.3. The van der Waals surface area contributed by atoms with Crippen molar-refractivity contribution in [2.24, 2.45) is 0 Å². The molecule has 4 nitrogen and oxygen atoms in total. The third kappa shape index (κ3) is 2.80. The number of hydrogen-bond acceptors (Lipinski definition) is 3. The predicted molar refractivity (Wildman–Crippen MR) is 98.5 cm³/mol. The van der Waals surface area contributed by atoms with Crippen molar-refractivity contribution < 1.29 is 4.79 Å². The summed E-state index contributed by atoms with van der Waals surface area (Å²) in [6.45, 7) is 2.12. The highest BCUT2D eigenvalue weighted by molar-refractivity contribution is 7.99. The fourth-order valence-corrected chi connectivity index (χ4v) is 4.01. The van der Waals surface area contributed by atoms with E-state index in [9.17, 15) is 4.79 Å². The van der Waals surface area contributed by atoms with Gasteiger partial charge in [0.05, 0.1) is 16.8 Å². The van der Waals surface area contributed by atoms with Crippen molar-refractivity contribution in [2.45, 2.75) is 31.0 Å². The van der Waals surface area contributed by atoms with Crippen LogP contribution in [0.15, 0.2) is 53.7 Å². The summed E-state index contributed by atoms with van der Waals surface area (Å²) in [4.78, 5) is 22.6. The van der Waals surface area contributed by atoms with E-state index in [1.165, 1.54) is 17.3 Å². The van der Waals surface area contributed by atoms with E-state index in [4.69, 9.17) is 0 Å². The van der Waals surface area contributed by atoms with Crippen LogP contribution >= 0.6 is 11.8 Å². The van der Waals surface area contributed by atoms with Crippen LogP contribution in [0.5, 0.6) is 0 Å². The first kappa shape index (κ1) is 15.3. The van der Waals surface area contributed by atoms with Crippen molar-refractivity contribution in [3.63, 3.8) is 0 Å². The SMILES string of the molecule is C[C@@H]1CCc2ccccc2N1C(=O)CSc1nc2ccccc2[nH]1. The molecule has 1 aliphatic heterocycles. The zero-order valence-electron chi connectivity index (χ0n) is 13.5. The molecule has 0 fully saturated rings. The van der Waals surface area contributed by atoms with Gasteiger partial charge in [0.1, 0.15) is 0 Å². The molecular formula is C19H19N3OS. The number of carbonyl (C=O) groups is 1. The number of thioether (sulfide) groups is 1. The molecule has 3 aromatic rings. The number of amides is 1. The van der Waals surface area contributed by atoms with Crippen LogP contribution in [0.3, 0.4) is 0 Å². The van der Waals surface area contributed by atoms with Crippen molar-refractivity contribution in [3.05, 3.63) is 54.1 Å². The maximum Gasteiger partial charge on any atom is 0.237 e. The van der Waals surface area contributed by atoms with Gasteiger partial charge in [0.15, 0.2) is 5.16 Å². The molecule has 1 N–H and O–H groups in total. The third-order valence-corrected chi connectivity index (χ3v) is 5.35. The van der Waals surface area contributed by atoms with Crippen LogP contribution in [-0.4, -0.2) is 27.7 Å². The number of fused-ring (bicyclic) bond motifs is 2. The van der Waals surface area contributed by atoms with E-state index < -0.39 is 0 Å². The number of nitrogens with one attached hydrogen (secondary N) is 1. The maximum absolute atomic E-state index is 12.8. The Morgan fingerprint density at radius 3 is 2.92 bits per heavy atom. The molecule has 5 heteroatoms. The van der Waals surface area contributed by atoms with E-state index in [2.05, 4.69) is 29.0 Å². The Labute approximate surface area is 145 Å². The number of carbonyl (C=O) groups excluding carboxylic acids is 1. The quantitative estimate of drug-likeness (QED) is 0.734. The van der Waals surface area contributed by atoms with Crippen LogP contribution in [0.1, 0.15) is 18.9 Å². The summed E-state index contributed by atoms with van der Waals surface area (Å²) < 4.78 is 0. The summed E-state index contributed by atoms with van der Waals surface area (Å²) in [6, 6.07) is 16.4. The molecule has 2 heterocycles. The van der Waals surface area contributed by atoms with E-state index in [1.807, 2.05) is 41.3 Å². The van der Waals surface area contributed by atoms with Crippen LogP contribution in [0, 0.1) is 0 Å². The number of rotatable bonds is 3. The Morgan fingerprint density at radius 1 is 1.25 bits per heavy atom. The Hall–Kier alpha value is -2.27. The molecule has 4 rings (SSSR count). The number of imidazole rings is 1. The molecule has 0 spiro atoms. The first-order chi connectivity index (χ1) is 11.7. The topological polar surface area (TPSA) is 49.0 Å². The van der Waals surface area contributed by atoms with Gasteiger partial charge in [-0.15, -0.1) is 0 Å². The van der Waals surface area contributed by atoms with Crippen LogP contribution in [0.25, 0.3) is 11.0 Å². The molecule has 0 bridgehead atoms. The lowest BCUT2D eigenvalue weighted by molar-refractivity contribution is -0.116. The van der Waals surface area contributed by atoms with E-state index in [-0.39, 0.29) is 11.9 Å². The summed E-state index contributed by atoms with van der Waals surface area (Å²) in [7, 11) is 0. The molecule has 2 aromatic carbocycles. The normalized spacial score (nSPS) is 17.0. The van der Waals surface area contributed by atoms with Gasteiger partial charge in [-0.25, -0.2) is 4.98 Å². The van der Waals surface area contributed by atoms with Crippen molar-refractivity contribution in [1.29, 1.82) is 0 Å². The van der Waals surface area contributed by atoms with Crippen LogP contribution in [-0.2, 0) is 11.2 Å². The largest absolute Gasteiger partial charge is 0.333 e. The fourth-order valence-electron chi connectivity index (χ4n) is 3.27. The second kappa shape index (κ2) is 6.32. The van der Waals surface area contributed by atoms with Gasteiger partial charge >= 0.3 is 0 Å². The molecule has 1 atom stereocenters. The first-order valence-corrected chi connectivity index (χ1v) is 9.18. The molecule has 1 aliphatic rings. The molecule has 0 radical (unpaired) electrons. The Kier molecular flexibility index (Phi) is 4.02. The number of para-hydroxylation sites is 3. The summed E-state index contributed by atoms with van der Waals surface area (Å²) in [5.74, 6) is 0.526. The van der Waals surface area contributed by atoms with Crippen LogP contribution < -0.4 is 4.90 Å². The Morgan fingerprint density at radius 2 is 2.04 bits per heavy atom. The molecule has 0 saturated carbocycles. The third-order valence-electron chi connectivity index (χ3n) is 4.49. The van der Waals surface area contributed by atoms with Gasteiger partial charge in [0.2, 0.25) is 5.91 Å². The highest BCUT2D eigenvalue weighted by atomic mass is 32.2. The highest BCUT2D eigenvalue weighted by Crippen LogP contribution is 2.31.